The molecule has 1 aliphatic rings. The molecule has 0 spiro atoms. The van der Waals surface area contributed by atoms with Crippen molar-refractivity contribution in [1.29, 1.82) is 0 Å². The molecule has 7 heteroatoms. The summed E-state index contributed by atoms with van der Waals surface area (Å²) < 4.78 is 16.6. The third-order valence-electron chi connectivity index (χ3n) is 4.38. The van der Waals surface area contributed by atoms with Crippen molar-refractivity contribution in [2.45, 2.75) is 26.3 Å². The van der Waals surface area contributed by atoms with Crippen LogP contribution in [0.25, 0.3) is 0 Å². The number of piperazine rings is 1. The van der Waals surface area contributed by atoms with E-state index < -0.39 is 0 Å². The van der Waals surface area contributed by atoms with Crippen LogP contribution in [-0.4, -0.2) is 52.4 Å². The number of hydrogen-bond acceptors (Lipinski definition) is 5. The van der Waals surface area contributed by atoms with Gasteiger partial charge in [-0.1, -0.05) is 13.8 Å². The Morgan fingerprint density at radius 3 is 1.92 bits per heavy atom. The Hall–Kier alpha value is -0.880. The summed E-state index contributed by atoms with van der Waals surface area (Å²) in [5.41, 5.74) is 1.18. The Balaban J connectivity index is 0.00000288. The zero-order valence-corrected chi connectivity index (χ0v) is 17.5. The maximum Gasteiger partial charge on any atom is 0.164 e. The van der Waals surface area contributed by atoms with Gasteiger partial charge < -0.3 is 19.5 Å². The summed E-state index contributed by atoms with van der Waals surface area (Å²) in [4.78, 5) is 2.54. The van der Waals surface area contributed by atoms with Crippen LogP contribution < -0.4 is 19.5 Å². The lowest BCUT2D eigenvalue weighted by Gasteiger charge is -2.37. The molecule has 1 aliphatic heterocycles. The molecular formula is C18H32Cl2N2O3. The SMILES string of the molecule is COc1cc(OC)c([C@H](CC(C)C)N2CCNCC2)cc1OC.Cl.Cl. The minimum absolute atomic E-state index is 0. The standard InChI is InChI=1S/C18H30N2O3.2ClH/c1-13(2)10-15(20-8-6-19-7-9-20)14-11-17(22-4)18(23-5)12-16(14)21-3;;/h11-13,15,19H,6-10H2,1-5H3;2*1H/t15-;;/m0../s1. The molecule has 0 aromatic heterocycles. The lowest BCUT2D eigenvalue weighted by atomic mass is 9.94. The van der Waals surface area contributed by atoms with Gasteiger partial charge in [0.25, 0.3) is 0 Å². The van der Waals surface area contributed by atoms with E-state index in [0.29, 0.717) is 17.7 Å². The Bertz CT molecular complexity index is 509. The molecule has 1 N–H and O–H groups in total. The quantitative estimate of drug-likeness (QED) is 0.765. The monoisotopic (exact) mass is 394 g/mol. The summed E-state index contributed by atoms with van der Waals surface area (Å²) in [5, 5.41) is 3.43. The third kappa shape index (κ3) is 6.10. The second kappa shape index (κ2) is 11.7. The van der Waals surface area contributed by atoms with E-state index in [1.165, 1.54) is 5.56 Å². The molecule has 2 rings (SSSR count). The van der Waals surface area contributed by atoms with Gasteiger partial charge in [0.1, 0.15) is 5.75 Å². The molecule has 0 bridgehead atoms. The Labute approximate surface area is 164 Å². The van der Waals surface area contributed by atoms with Gasteiger partial charge in [0, 0.05) is 43.9 Å². The number of hydrogen-bond donors (Lipinski definition) is 1. The topological polar surface area (TPSA) is 43.0 Å². The highest BCUT2D eigenvalue weighted by Gasteiger charge is 2.27. The molecule has 5 nitrogen and oxygen atoms in total. The fourth-order valence-corrected chi connectivity index (χ4v) is 3.23. The van der Waals surface area contributed by atoms with E-state index in [4.69, 9.17) is 14.2 Å². The van der Waals surface area contributed by atoms with Gasteiger partial charge in [-0.2, -0.15) is 0 Å². The molecule has 1 fully saturated rings. The molecule has 1 aromatic carbocycles. The van der Waals surface area contributed by atoms with Crippen LogP contribution in [0, 0.1) is 5.92 Å². The van der Waals surface area contributed by atoms with Crippen molar-refractivity contribution in [2.75, 3.05) is 47.5 Å². The highest BCUT2D eigenvalue weighted by atomic mass is 35.5. The maximum absolute atomic E-state index is 5.66. The van der Waals surface area contributed by atoms with E-state index in [0.717, 1.165) is 44.1 Å². The predicted molar refractivity (Wildman–Crippen MR) is 107 cm³/mol. The van der Waals surface area contributed by atoms with E-state index in [1.807, 2.05) is 6.07 Å². The first-order chi connectivity index (χ1) is 11.1. The minimum Gasteiger partial charge on any atom is -0.496 e. The van der Waals surface area contributed by atoms with Crippen LogP contribution in [0.5, 0.6) is 17.2 Å². The summed E-state index contributed by atoms with van der Waals surface area (Å²) in [7, 11) is 5.05. The number of benzene rings is 1. The van der Waals surface area contributed by atoms with Crippen molar-refractivity contribution < 1.29 is 14.2 Å². The maximum atomic E-state index is 5.66. The van der Waals surface area contributed by atoms with E-state index in [-0.39, 0.29) is 24.8 Å². The first-order valence-electron chi connectivity index (χ1n) is 8.35. The van der Waals surface area contributed by atoms with Crippen LogP contribution in [0.15, 0.2) is 12.1 Å². The number of methoxy groups -OCH3 is 3. The van der Waals surface area contributed by atoms with Crippen LogP contribution >= 0.6 is 24.8 Å². The van der Waals surface area contributed by atoms with Gasteiger partial charge in [0.2, 0.25) is 0 Å². The lowest BCUT2D eigenvalue weighted by Crippen LogP contribution is -2.45. The largest absolute Gasteiger partial charge is 0.496 e. The van der Waals surface area contributed by atoms with Gasteiger partial charge in [0.15, 0.2) is 11.5 Å². The van der Waals surface area contributed by atoms with E-state index in [1.54, 1.807) is 21.3 Å². The Morgan fingerprint density at radius 1 is 0.920 bits per heavy atom. The summed E-state index contributed by atoms with van der Waals surface area (Å²) in [6.07, 6.45) is 1.09. The Morgan fingerprint density at radius 2 is 1.44 bits per heavy atom. The number of nitrogens with one attached hydrogen (secondary N) is 1. The smallest absolute Gasteiger partial charge is 0.164 e. The lowest BCUT2D eigenvalue weighted by molar-refractivity contribution is 0.151. The molecule has 1 atom stereocenters. The number of halogens is 2. The van der Waals surface area contributed by atoms with Crippen LogP contribution in [0.3, 0.4) is 0 Å². The van der Waals surface area contributed by atoms with Gasteiger partial charge in [0.05, 0.1) is 21.3 Å². The molecule has 146 valence electrons. The molecule has 0 aliphatic carbocycles. The van der Waals surface area contributed by atoms with Crippen molar-refractivity contribution in [3.63, 3.8) is 0 Å². The second-order valence-electron chi connectivity index (χ2n) is 6.38. The first-order valence-corrected chi connectivity index (χ1v) is 8.35. The van der Waals surface area contributed by atoms with Gasteiger partial charge in [-0.3, -0.25) is 4.90 Å². The van der Waals surface area contributed by atoms with Crippen LogP contribution in [0.2, 0.25) is 0 Å². The molecule has 1 aromatic rings. The van der Waals surface area contributed by atoms with Gasteiger partial charge in [-0.25, -0.2) is 0 Å². The number of rotatable bonds is 7. The van der Waals surface area contributed by atoms with Gasteiger partial charge >= 0.3 is 0 Å². The van der Waals surface area contributed by atoms with Gasteiger partial charge in [-0.05, 0) is 18.4 Å². The molecule has 0 radical (unpaired) electrons. The van der Waals surface area contributed by atoms with Gasteiger partial charge in [-0.15, -0.1) is 24.8 Å². The fraction of sp³-hybridized carbons (Fsp3) is 0.667. The molecule has 0 amide bonds. The highest BCUT2D eigenvalue weighted by molar-refractivity contribution is 5.85. The zero-order valence-electron chi connectivity index (χ0n) is 15.8. The number of nitrogens with zero attached hydrogens (tertiary/aromatic N) is 1. The zero-order chi connectivity index (χ0) is 16.8. The third-order valence-corrected chi connectivity index (χ3v) is 4.38. The predicted octanol–water partition coefficient (Wildman–Crippen LogP) is 3.55. The fourth-order valence-electron chi connectivity index (χ4n) is 3.23. The normalized spacial score (nSPS) is 15.8. The molecule has 1 saturated heterocycles. The van der Waals surface area contributed by atoms with Crippen molar-refractivity contribution in [1.82, 2.24) is 10.2 Å². The van der Waals surface area contributed by atoms with Crippen LogP contribution in [0.1, 0.15) is 31.9 Å². The second-order valence-corrected chi connectivity index (χ2v) is 6.38. The average molecular weight is 395 g/mol. The Kier molecular flexibility index (Phi) is 11.3. The minimum atomic E-state index is 0. The molecule has 0 unspecified atom stereocenters. The summed E-state index contributed by atoms with van der Waals surface area (Å²) in [6.45, 7) is 8.70. The molecule has 0 saturated carbocycles. The summed E-state index contributed by atoms with van der Waals surface area (Å²) in [6, 6.07) is 4.34. The number of ether oxygens (including phenoxy) is 3. The average Bonchev–Trinajstić information content (AvgIpc) is 2.59. The molecule has 1 heterocycles. The van der Waals surface area contributed by atoms with E-state index >= 15 is 0 Å². The summed E-state index contributed by atoms with van der Waals surface area (Å²) in [5.74, 6) is 2.93. The van der Waals surface area contributed by atoms with Crippen molar-refractivity contribution in [3.8, 4) is 17.2 Å². The summed E-state index contributed by atoms with van der Waals surface area (Å²) >= 11 is 0. The van der Waals surface area contributed by atoms with Crippen molar-refractivity contribution in [3.05, 3.63) is 17.7 Å². The van der Waals surface area contributed by atoms with Crippen molar-refractivity contribution >= 4 is 24.8 Å². The molecular weight excluding hydrogens is 363 g/mol. The highest BCUT2D eigenvalue weighted by Crippen LogP contribution is 2.41. The van der Waals surface area contributed by atoms with E-state index in [2.05, 4.69) is 30.1 Å². The van der Waals surface area contributed by atoms with Crippen LogP contribution in [-0.2, 0) is 0 Å². The molecule has 25 heavy (non-hydrogen) atoms. The van der Waals surface area contributed by atoms with E-state index in [9.17, 15) is 0 Å². The van der Waals surface area contributed by atoms with Crippen molar-refractivity contribution in [2.24, 2.45) is 5.92 Å². The van der Waals surface area contributed by atoms with Crippen LogP contribution in [0.4, 0.5) is 0 Å². The first kappa shape index (κ1) is 24.1.